The summed E-state index contributed by atoms with van der Waals surface area (Å²) in [4.78, 5) is 18.7. The van der Waals surface area contributed by atoms with Crippen molar-refractivity contribution in [3.05, 3.63) is 39.1 Å². The molecule has 0 aliphatic rings. The molecule has 0 fully saturated rings. The Morgan fingerprint density at radius 1 is 1.37 bits per heavy atom. The molecule has 0 aliphatic heterocycles. The zero-order chi connectivity index (χ0) is 13.8. The summed E-state index contributed by atoms with van der Waals surface area (Å²) in [6.45, 7) is 0. The molecule has 0 bridgehead atoms. The number of hydrogen-bond acceptors (Lipinski definition) is 5. The Morgan fingerprint density at radius 2 is 2.16 bits per heavy atom. The van der Waals surface area contributed by atoms with Crippen molar-refractivity contribution >= 4 is 52.3 Å². The van der Waals surface area contributed by atoms with E-state index in [0.717, 1.165) is 9.90 Å². The third kappa shape index (κ3) is 4.35. The van der Waals surface area contributed by atoms with Crippen molar-refractivity contribution in [2.24, 2.45) is 0 Å². The minimum atomic E-state index is -0.883. The number of carboxylic acids is 1. The fourth-order valence-electron chi connectivity index (χ4n) is 1.28. The van der Waals surface area contributed by atoms with E-state index in [-0.39, 0.29) is 6.42 Å². The lowest BCUT2D eigenvalue weighted by Crippen LogP contribution is -1.99. The maximum Gasteiger partial charge on any atom is 0.309 e. The van der Waals surface area contributed by atoms with E-state index in [1.54, 1.807) is 11.4 Å². The molecule has 0 amide bonds. The third-order valence-corrected chi connectivity index (χ3v) is 4.76. The summed E-state index contributed by atoms with van der Waals surface area (Å²) in [5, 5.41) is 11.1. The number of aromatic nitrogens is 2. The monoisotopic (exact) mass is 334 g/mol. The predicted octanol–water partition coefficient (Wildman–Crippen LogP) is 3.76. The smallest absolute Gasteiger partial charge is 0.309 e. The zero-order valence-corrected chi connectivity index (χ0v) is 12.6. The van der Waals surface area contributed by atoms with Crippen molar-refractivity contribution in [3.8, 4) is 0 Å². The van der Waals surface area contributed by atoms with Gasteiger partial charge in [-0.25, -0.2) is 9.97 Å². The lowest BCUT2D eigenvalue weighted by molar-refractivity contribution is -0.136. The number of nitrogens with zero attached hydrogens (tertiary/aromatic N) is 2. The second-order valence-corrected chi connectivity index (χ2v) is 6.37. The molecule has 0 unspecified atom stereocenters. The number of carbonyl (C=O) groups is 1. The molecule has 0 saturated carbocycles. The number of halogens is 2. The summed E-state index contributed by atoms with van der Waals surface area (Å²) < 4.78 is 0.808. The highest BCUT2D eigenvalue weighted by molar-refractivity contribution is 8.00. The van der Waals surface area contributed by atoms with Crippen LogP contribution in [0.4, 0.5) is 0 Å². The van der Waals surface area contributed by atoms with Crippen LogP contribution in [-0.4, -0.2) is 21.0 Å². The van der Waals surface area contributed by atoms with Gasteiger partial charge in [-0.05, 0) is 11.6 Å². The molecule has 0 aromatic carbocycles. The number of rotatable bonds is 5. The molecular formula is C11H8Cl2N2O2S2. The van der Waals surface area contributed by atoms with Crippen molar-refractivity contribution in [2.75, 3.05) is 0 Å². The fourth-order valence-corrected chi connectivity index (χ4v) is 3.60. The highest BCUT2D eigenvalue weighted by atomic mass is 35.5. The van der Waals surface area contributed by atoms with Crippen LogP contribution in [0.25, 0.3) is 0 Å². The maximum absolute atomic E-state index is 10.6. The molecule has 0 spiro atoms. The van der Waals surface area contributed by atoms with Gasteiger partial charge >= 0.3 is 5.97 Å². The van der Waals surface area contributed by atoms with E-state index in [4.69, 9.17) is 28.3 Å². The summed E-state index contributed by atoms with van der Waals surface area (Å²) in [6, 6.07) is 3.50. The average molecular weight is 335 g/mol. The first-order valence-corrected chi connectivity index (χ1v) is 7.76. The molecule has 4 nitrogen and oxygen atoms in total. The van der Waals surface area contributed by atoms with Gasteiger partial charge in [0.15, 0.2) is 0 Å². The molecule has 2 aromatic heterocycles. The van der Waals surface area contributed by atoms with Crippen LogP contribution >= 0.6 is 46.3 Å². The van der Waals surface area contributed by atoms with Crippen LogP contribution in [0.15, 0.2) is 21.9 Å². The molecule has 0 aliphatic carbocycles. The van der Waals surface area contributed by atoms with Crippen LogP contribution in [0.5, 0.6) is 0 Å². The molecule has 2 rings (SSSR count). The summed E-state index contributed by atoms with van der Waals surface area (Å²) in [5.74, 6) is -0.268. The van der Waals surface area contributed by atoms with Gasteiger partial charge in [-0.3, -0.25) is 4.79 Å². The zero-order valence-electron chi connectivity index (χ0n) is 9.47. The molecule has 2 heterocycles. The van der Waals surface area contributed by atoms with Gasteiger partial charge in [-0.2, -0.15) is 0 Å². The van der Waals surface area contributed by atoms with Gasteiger partial charge in [-0.15, -0.1) is 11.3 Å². The van der Waals surface area contributed by atoms with E-state index in [1.807, 2.05) is 6.07 Å². The number of aliphatic carboxylic acids is 1. The van der Waals surface area contributed by atoms with Gasteiger partial charge in [0.05, 0.1) is 12.1 Å². The first-order valence-electron chi connectivity index (χ1n) is 5.14. The van der Waals surface area contributed by atoms with Gasteiger partial charge in [0.25, 0.3) is 0 Å². The highest BCUT2D eigenvalue weighted by Crippen LogP contribution is 2.29. The normalized spacial score (nSPS) is 10.6. The van der Waals surface area contributed by atoms with Crippen LogP contribution < -0.4 is 0 Å². The van der Waals surface area contributed by atoms with Crippen molar-refractivity contribution in [1.29, 1.82) is 0 Å². The van der Waals surface area contributed by atoms with E-state index in [1.165, 1.54) is 23.1 Å². The van der Waals surface area contributed by atoms with Crippen molar-refractivity contribution in [2.45, 2.75) is 16.5 Å². The summed E-state index contributed by atoms with van der Waals surface area (Å²) in [6.07, 6.45) is -0.0552. The van der Waals surface area contributed by atoms with Crippen molar-refractivity contribution in [3.63, 3.8) is 0 Å². The Balaban J connectivity index is 1.98. The Morgan fingerprint density at radius 3 is 2.84 bits per heavy atom. The number of thioether (sulfide) groups is 1. The van der Waals surface area contributed by atoms with Crippen LogP contribution in [0, 0.1) is 0 Å². The largest absolute Gasteiger partial charge is 0.481 e. The van der Waals surface area contributed by atoms with Crippen LogP contribution in [-0.2, 0) is 17.0 Å². The topological polar surface area (TPSA) is 63.1 Å². The highest BCUT2D eigenvalue weighted by Gasteiger charge is 2.08. The second-order valence-electron chi connectivity index (χ2n) is 3.55. The van der Waals surface area contributed by atoms with Gasteiger partial charge in [0, 0.05) is 11.1 Å². The maximum atomic E-state index is 10.6. The van der Waals surface area contributed by atoms with Gasteiger partial charge in [0.1, 0.15) is 14.6 Å². The van der Waals surface area contributed by atoms with E-state index in [9.17, 15) is 4.79 Å². The number of pyridine rings is 1. The lowest BCUT2D eigenvalue weighted by Gasteiger charge is -2.01. The molecule has 0 atom stereocenters. The van der Waals surface area contributed by atoms with Crippen molar-refractivity contribution < 1.29 is 9.90 Å². The van der Waals surface area contributed by atoms with E-state index in [2.05, 4.69) is 9.97 Å². The Bertz CT molecular complexity index is 604. The van der Waals surface area contributed by atoms with Crippen LogP contribution in [0.2, 0.25) is 10.3 Å². The summed E-state index contributed by atoms with van der Waals surface area (Å²) in [5.41, 5.74) is 1.44. The fraction of sp³-hybridized carbons (Fsp3) is 0.182. The molecular weight excluding hydrogens is 327 g/mol. The number of carboxylic acid groups (broad SMARTS) is 1. The van der Waals surface area contributed by atoms with Gasteiger partial charge in [-0.1, -0.05) is 41.0 Å². The molecule has 0 saturated heterocycles. The van der Waals surface area contributed by atoms with Crippen LogP contribution in [0.3, 0.4) is 0 Å². The third-order valence-electron chi connectivity index (χ3n) is 2.11. The van der Waals surface area contributed by atoms with E-state index >= 15 is 0 Å². The summed E-state index contributed by atoms with van der Waals surface area (Å²) in [7, 11) is 0. The molecule has 2 aromatic rings. The first kappa shape index (κ1) is 14.6. The van der Waals surface area contributed by atoms with Gasteiger partial charge in [0.2, 0.25) is 0 Å². The first-order chi connectivity index (χ1) is 9.04. The minimum absolute atomic E-state index is 0.0552. The molecule has 100 valence electrons. The number of thiazole rings is 1. The Hall–Kier alpha value is -0.820. The van der Waals surface area contributed by atoms with Crippen molar-refractivity contribution in [1.82, 2.24) is 9.97 Å². The molecule has 1 N–H and O–H groups in total. The van der Waals surface area contributed by atoms with E-state index in [0.29, 0.717) is 21.8 Å². The Kier molecular flexibility index (Phi) is 5.04. The lowest BCUT2D eigenvalue weighted by atomic mass is 10.3. The molecule has 0 radical (unpaired) electrons. The Labute approximate surface area is 127 Å². The predicted molar refractivity (Wildman–Crippen MR) is 77.3 cm³/mol. The second kappa shape index (κ2) is 6.56. The average Bonchev–Trinajstić information content (AvgIpc) is 2.74. The van der Waals surface area contributed by atoms with E-state index < -0.39 is 5.97 Å². The number of hydrogen-bond donors (Lipinski definition) is 1. The molecule has 19 heavy (non-hydrogen) atoms. The SMILES string of the molecule is O=C(O)Cc1csc(SCc2ccc(Cl)nc2Cl)n1. The van der Waals surface area contributed by atoms with Crippen LogP contribution in [0.1, 0.15) is 11.3 Å². The minimum Gasteiger partial charge on any atom is -0.481 e. The summed E-state index contributed by atoms with van der Waals surface area (Å²) >= 11 is 14.6. The standard InChI is InChI=1S/C11H8Cl2N2O2S2/c12-8-2-1-6(10(13)15-8)4-18-11-14-7(5-19-11)3-9(16)17/h1-2,5H,3-4H2,(H,16,17). The molecule has 8 heteroatoms. The quantitative estimate of drug-likeness (QED) is 0.666. The van der Waals surface area contributed by atoms with Gasteiger partial charge < -0.3 is 5.11 Å².